The molecule has 4 rings (SSSR count). The second-order valence-electron chi connectivity index (χ2n) is 7.18. The van der Waals surface area contributed by atoms with E-state index in [0.717, 1.165) is 57.3 Å². The summed E-state index contributed by atoms with van der Waals surface area (Å²) in [7, 11) is 0. The van der Waals surface area contributed by atoms with Crippen molar-refractivity contribution in [3.05, 3.63) is 42.7 Å². The van der Waals surface area contributed by atoms with Crippen molar-refractivity contribution < 1.29 is 14.3 Å². The van der Waals surface area contributed by atoms with E-state index < -0.39 is 0 Å². The van der Waals surface area contributed by atoms with E-state index >= 15 is 0 Å². The van der Waals surface area contributed by atoms with Crippen LogP contribution in [0.3, 0.4) is 0 Å². The van der Waals surface area contributed by atoms with Crippen molar-refractivity contribution in [2.24, 2.45) is 5.92 Å². The Hall–Kier alpha value is -2.42. The van der Waals surface area contributed by atoms with Gasteiger partial charge in [-0.15, -0.1) is 0 Å². The Morgan fingerprint density at radius 2 is 2.11 bits per heavy atom. The lowest BCUT2D eigenvalue weighted by atomic mass is 9.97. The number of hydrogen-bond acceptors (Lipinski definition) is 5. The minimum atomic E-state index is -0.199. The zero-order chi connectivity index (χ0) is 19.2. The first-order valence-electron chi connectivity index (χ1n) is 9.84. The molecule has 2 fully saturated rings. The van der Waals surface area contributed by atoms with Gasteiger partial charge in [-0.3, -0.25) is 4.90 Å². The fraction of sp³-hybridized carbons (Fsp3) is 0.500. The van der Waals surface area contributed by atoms with Crippen LogP contribution in [-0.2, 0) is 9.47 Å². The molecular weight excluding hydrogens is 358 g/mol. The van der Waals surface area contributed by atoms with Crippen LogP contribution in [0.15, 0.2) is 42.7 Å². The summed E-state index contributed by atoms with van der Waals surface area (Å²) in [5.74, 6) is 0.446. The third kappa shape index (κ3) is 4.70. The van der Waals surface area contributed by atoms with E-state index in [9.17, 15) is 4.79 Å². The van der Waals surface area contributed by atoms with E-state index in [1.54, 1.807) is 10.9 Å². The molecule has 0 radical (unpaired) electrons. The number of carbonyl (C=O) groups excluding carboxylic acids is 1. The van der Waals surface area contributed by atoms with Gasteiger partial charge in [0.25, 0.3) is 0 Å². The van der Waals surface area contributed by atoms with Crippen molar-refractivity contribution >= 4 is 11.7 Å². The Bertz CT molecular complexity index is 755. The summed E-state index contributed by atoms with van der Waals surface area (Å²) in [6, 6.07) is 9.56. The molecule has 2 atom stereocenters. The molecule has 8 nitrogen and oxygen atoms in total. The minimum Gasteiger partial charge on any atom is -0.381 e. The number of carbonyl (C=O) groups is 1. The first-order valence-corrected chi connectivity index (χ1v) is 9.84. The van der Waals surface area contributed by atoms with E-state index in [1.165, 1.54) is 0 Å². The number of anilines is 1. The number of hydrogen-bond donors (Lipinski definition) is 2. The first-order chi connectivity index (χ1) is 13.8. The Morgan fingerprint density at radius 1 is 1.21 bits per heavy atom. The average molecular weight is 385 g/mol. The maximum Gasteiger partial charge on any atom is 0.319 e. The number of morpholine rings is 1. The maximum atomic E-state index is 12.5. The van der Waals surface area contributed by atoms with E-state index in [4.69, 9.17) is 9.47 Å². The number of amides is 2. The van der Waals surface area contributed by atoms with Crippen LogP contribution in [0.4, 0.5) is 10.5 Å². The van der Waals surface area contributed by atoms with Crippen molar-refractivity contribution in [3.8, 4) is 5.69 Å². The Labute approximate surface area is 164 Å². The van der Waals surface area contributed by atoms with Gasteiger partial charge in [0.1, 0.15) is 0 Å². The van der Waals surface area contributed by atoms with E-state index in [1.807, 2.05) is 36.5 Å². The number of urea groups is 1. The van der Waals surface area contributed by atoms with Crippen molar-refractivity contribution in [1.29, 1.82) is 0 Å². The van der Waals surface area contributed by atoms with Gasteiger partial charge in [0.05, 0.1) is 25.5 Å². The van der Waals surface area contributed by atoms with Gasteiger partial charge in [0.2, 0.25) is 0 Å². The second kappa shape index (κ2) is 9.18. The molecule has 0 aliphatic carbocycles. The van der Waals surface area contributed by atoms with Crippen LogP contribution in [0.2, 0.25) is 0 Å². The molecule has 1 aromatic heterocycles. The molecule has 2 aliphatic heterocycles. The van der Waals surface area contributed by atoms with Crippen LogP contribution in [0.25, 0.3) is 5.69 Å². The van der Waals surface area contributed by atoms with Gasteiger partial charge in [0.15, 0.2) is 0 Å². The van der Waals surface area contributed by atoms with Gasteiger partial charge in [-0.25, -0.2) is 9.48 Å². The van der Waals surface area contributed by atoms with Gasteiger partial charge >= 0.3 is 6.03 Å². The predicted octanol–water partition coefficient (Wildman–Crippen LogP) is 1.73. The topological polar surface area (TPSA) is 80.6 Å². The van der Waals surface area contributed by atoms with Crippen LogP contribution in [0.5, 0.6) is 0 Å². The van der Waals surface area contributed by atoms with E-state index in [-0.39, 0.29) is 12.1 Å². The zero-order valence-electron chi connectivity index (χ0n) is 15.9. The van der Waals surface area contributed by atoms with Crippen LogP contribution in [0.1, 0.15) is 6.42 Å². The third-order valence-electron chi connectivity index (χ3n) is 5.37. The van der Waals surface area contributed by atoms with Crippen molar-refractivity contribution in [3.63, 3.8) is 0 Å². The smallest absolute Gasteiger partial charge is 0.319 e. The van der Waals surface area contributed by atoms with Gasteiger partial charge in [-0.05, 0) is 30.7 Å². The van der Waals surface area contributed by atoms with Crippen LogP contribution < -0.4 is 10.6 Å². The summed E-state index contributed by atoms with van der Waals surface area (Å²) in [5, 5.41) is 10.2. The molecule has 0 spiro atoms. The minimum absolute atomic E-state index is 0.199. The molecule has 0 unspecified atom stereocenters. The van der Waals surface area contributed by atoms with Gasteiger partial charge in [0, 0.05) is 56.3 Å². The molecule has 28 heavy (non-hydrogen) atoms. The monoisotopic (exact) mass is 385 g/mol. The lowest BCUT2D eigenvalue weighted by Crippen LogP contribution is -2.52. The van der Waals surface area contributed by atoms with E-state index in [2.05, 4.69) is 20.6 Å². The molecule has 150 valence electrons. The molecule has 2 N–H and O–H groups in total. The number of nitrogens with one attached hydrogen (secondary N) is 2. The Morgan fingerprint density at radius 3 is 2.86 bits per heavy atom. The van der Waals surface area contributed by atoms with E-state index in [0.29, 0.717) is 12.5 Å². The lowest BCUT2D eigenvalue weighted by Gasteiger charge is -2.37. The standard InChI is InChI=1S/C20H27N5O3/c26-20(23-17-3-1-4-18(13-17)25-7-2-6-22-25)21-14-19(16-5-10-28-15-16)24-8-11-27-12-9-24/h1-4,6-7,13,16,19H,5,8-12,14-15H2,(H2,21,23,26)/t16-,19+/m0/s1. The quantitative estimate of drug-likeness (QED) is 0.792. The van der Waals surface area contributed by atoms with Crippen molar-refractivity contribution in [2.45, 2.75) is 12.5 Å². The summed E-state index contributed by atoms with van der Waals surface area (Å²) in [4.78, 5) is 14.9. The molecule has 8 heteroatoms. The number of ether oxygens (including phenoxy) is 2. The zero-order valence-corrected chi connectivity index (χ0v) is 15.9. The normalized spacial score (nSPS) is 21.4. The molecule has 3 heterocycles. The fourth-order valence-corrected chi connectivity index (χ4v) is 3.88. The summed E-state index contributed by atoms with van der Waals surface area (Å²) < 4.78 is 12.8. The van der Waals surface area contributed by atoms with Gasteiger partial charge < -0.3 is 20.1 Å². The highest BCUT2D eigenvalue weighted by Crippen LogP contribution is 2.22. The lowest BCUT2D eigenvalue weighted by molar-refractivity contribution is 0.00222. The highest BCUT2D eigenvalue weighted by molar-refractivity contribution is 5.89. The summed E-state index contributed by atoms with van der Waals surface area (Å²) in [5.41, 5.74) is 1.63. The van der Waals surface area contributed by atoms with Crippen LogP contribution in [-0.4, -0.2) is 72.8 Å². The average Bonchev–Trinajstić information content (AvgIpc) is 3.44. The number of aromatic nitrogens is 2. The number of benzene rings is 1. The molecule has 2 aromatic rings. The molecule has 2 saturated heterocycles. The highest BCUT2D eigenvalue weighted by Gasteiger charge is 2.31. The second-order valence-corrected chi connectivity index (χ2v) is 7.18. The summed E-state index contributed by atoms with van der Waals surface area (Å²) >= 11 is 0. The Balaban J connectivity index is 1.35. The van der Waals surface area contributed by atoms with Crippen LogP contribution in [0, 0.1) is 5.92 Å². The van der Waals surface area contributed by atoms with Gasteiger partial charge in [-0.1, -0.05) is 6.07 Å². The SMILES string of the molecule is O=C(NC[C@H]([C@H]1CCOC1)N1CCOCC1)Nc1cccc(-n2cccn2)c1. The number of rotatable bonds is 6. The van der Waals surface area contributed by atoms with Crippen molar-refractivity contribution in [1.82, 2.24) is 20.0 Å². The molecule has 2 aliphatic rings. The molecule has 0 bridgehead atoms. The largest absolute Gasteiger partial charge is 0.381 e. The van der Waals surface area contributed by atoms with Crippen molar-refractivity contribution in [2.75, 3.05) is 51.4 Å². The summed E-state index contributed by atoms with van der Waals surface area (Å²) in [6.45, 7) is 5.45. The number of nitrogens with zero attached hydrogens (tertiary/aromatic N) is 3. The van der Waals surface area contributed by atoms with Gasteiger partial charge in [-0.2, -0.15) is 5.10 Å². The first kappa shape index (κ1) is 18.9. The summed E-state index contributed by atoms with van der Waals surface area (Å²) in [6.07, 6.45) is 4.64. The molecular formula is C20H27N5O3. The highest BCUT2D eigenvalue weighted by atomic mass is 16.5. The molecule has 0 saturated carbocycles. The van der Waals surface area contributed by atoms with Crippen LogP contribution >= 0.6 is 0 Å². The Kier molecular flexibility index (Phi) is 6.20. The fourth-order valence-electron chi connectivity index (χ4n) is 3.88. The molecule has 2 amide bonds. The third-order valence-corrected chi connectivity index (χ3v) is 5.37. The maximum absolute atomic E-state index is 12.5. The molecule has 1 aromatic carbocycles. The predicted molar refractivity (Wildman–Crippen MR) is 106 cm³/mol.